The molecular weight excluding hydrogens is 190 g/mol. The summed E-state index contributed by atoms with van der Waals surface area (Å²) in [4.78, 5) is 16.0. The van der Waals surface area contributed by atoms with Crippen LogP contribution in [0.3, 0.4) is 0 Å². The van der Waals surface area contributed by atoms with Crippen LogP contribution in [0.2, 0.25) is 0 Å². The molecule has 4 heteroatoms. The van der Waals surface area contributed by atoms with E-state index in [9.17, 15) is 4.79 Å². The molecule has 0 aliphatic rings. The smallest absolute Gasteiger partial charge is 0.281 e. The first-order valence-electron chi connectivity index (χ1n) is 4.64. The van der Waals surface area contributed by atoms with Crippen molar-refractivity contribution < 1.29 is 0 Å². The second kappa shape index (κ2) is 3.96. The van der Waals surface area contributed by atoms with E-state index in [0.717, 1.165) is 0 Å². The van der Waals surface area contributed by atoms with E-state index in [2.05, 4.69) is 16.9 Å². The SMILES string of the molecule is C=CCNc1cnc2ccccn2c1=O. The summed E-state index contributed by atoms with van der Waals surface area (Å²) in [7, 11) is 0. The number of rotatable bonds is 3. The highest BCUT2D eigenvalue weighted by atomic mass is 16.1. The van der Waals surface area contributed by atoms with E-state index in [-0.39, 0.29) is 5.56 Å². The van der Waals surface area contributed by atoms with Crippen molar-refractivity contribution >= 4 is 11.3 Å². The first-order chi connectivity index (χ1) is 7.33. The highest BCUT2D eigenvalue weighted by Gasteiger charge is 2.01. The number of nitrogens with one attached hydrogen (secondary N) is 1. The zero-order valence-corrected chi connectivity index (χ0v) is 8.18. The molecule has 76 valence electrons. The second-order valence-electron chi connectivity index (χ2n) is 3.08. The van der Waals surface area contributed by atoms with Crippen molar-refractivity contribution in [1.29, 1.82) is 0 Å². The summed E-state index contributed by atoms with van der Waals surface area (Å²) in [5.41, 5.74) is 1.03. The van der Waals surface area contributed by atoms with Gasteiger partial charge in [-0.25, -0.2) is 4.98 Å². The summed E-state index contributed by atoms with van der Waals surface area (Å²) < 4.78 is 1.51. The van der Waals surface area contributed by atoms with Gasteiger partial charge in [0.2, 0.25) is 0 Å². The Balaban J connectivity index is 2.55. The van der Waals surface area contributed by atoms with Crippen LogP contribution in [0.5, 0.6) is 0 Å². The molecule has 0 aliphatic carbocycles. The van der Waals surface area contributed by atoms with Gasteiger partial charge in [0.1, 0.15) is 11.3 Å². The molecule has 0 saturated carbocycles. The largest absolute Gasteiger partial charge is 0.376 e. The summed E-state index contributed by atoms with van der Waals surface area (Å²) in [6.45, 7) is 4.13. The highest BCUT2D eigenvalue weighted by molar-refractivity contribution is 5.46. The maximum atomic E-state index is 11.9. The topological polar surface area (TPSA) is 46.4 Å². The molecule has 0 spiro atoms. The van der Waals surface area contributed by atoms with Crippen molar-refractivity contribution in [2.24, 2.45) is 0 Å². The lowest BCUT2D eigenvalue weighted by molar-refractivity contribution is 1.04. The van der Waals surface area contributed by atoms with Gasteiger partial charge in [-0.05, 0) is 12.1 Å². The molecule has 4 nitrogen and oxygen atoms in total. The van der Waals surface area contributed by atoms with Gasteiger partial charge in [-0.3, -0.25) is 9.20 Å². The average molecular weight is 201 g/mol. The van der Waals surface area contributed by atoms with Gasteiger partial charge in [-0.2, -0.15) is 0 Å². The average Bonchev–Trinajstić information content (AvgIpc) is 2.29. The highest BCUT2D eigenvalue weighted by Crippen LogP contribution is 2.00. The van der Waals surface area contributed by atoms with Crippen molar-refractivity contribution in [1.82, 2.24) is 9.38 Å². The van der Waals surface area contributed by atoms with Crippen molar-refractivity contribution in [3.63, 3.8) is 0 Å². The minimum absolute atomic E-state index is 0.0950. The van der Waals surface area contributed by atoms with E-state index >= 15 is 0 Å². The number of pyridine rings is 1. The van der Waals surface area contributed by atoms with E-state index in [0.29, 0.717) is 17.9 Å². The lowest BCUT2D eigenvalue weighted by Crippen LogP contribution is -2.19. The predicted octanol–water partition coefficient (Wildman–Crippen LogP) is 1.29. The lowest BCUT2D eigenvalue weighted by atomic mass is 10.4. The number of hydrogen-bond acceptors (Lipinski definition) is 3. The summed E-state index contributed by atoms with van der Waals surface area (Å²) >= 11 is 0. The number of hydrogen-bond donors (Lipinski definition) is 1. The molecule has 0 saturated heterocycles. The molecule has 15 heavy (non-hydrogen) atoms. The Hall–Kier alpha value is -2.10. The first-order valence-corrected chi connectivity index (χ1v) is 4.64. The molecule has 0 atom stereocenters. The Morgan fingerprint density at radius 2 is 2.40 bits per heavy atom. The fraction of sp³-hybridized carbons (Fsp3) is 0.0909. The monoisotopic (exact) mass is 201 g/mol. The standard InChI is InChI=1S/C11H11N3O/c1-2-6-12-9-8-13-10-5-3-4-7-14(10)11(9)15/h2-5,7-8,12H,1,6H2. The first kappa shape index (κ1) is 9.45. The van der Waals surface area contributed by atoms with E-state index in [1.165, 1.54) is 4.40 Å². The van der Waals surface area contributed by atoms with Crippen LogP contribution >= 0.6 is 0 Å². The molecule has 2 rings (SSSR count). The van der Waals surface area contributed by atoms with Gasteiger partial charge >= 0.3 is 0 Å². The molecule has 0 aromatic carbocycles. The fourth-order valence-corrected chi connectivity index (χ4v) is 1.33. The van der Waals surface area contributed by atoms with Crippen molar-refractivity contribution in [3.8, 4) is 0 Å². The van der Waals surface area contributed by atoms with Crippen molar-refractivity contribution in [2.45, 2.75) is 0 Å². The predicted molar refractivity (Wildman–Crippen MR) is 60.1 cm³/mol. The Bertz CT molecular complexity index is 545. The molecule has 0 bridgehead atoms. The van der Waals surface area contributed by atoms with Crippen LogP contribution in [-0.2, 0) is 0 Å². The summed E-state index contributed by atoms with van der Waals surface area (Å²) in [6.07, 6.45) is 4.93. The molecule has 0 amide bonds. The third-order valence-electron chi connectivity index (χ3n) is 2.05. The maximum Gasteiger partial charge on any atom is 0.281 e. The number of aromatic nitrogens is 2. The van der Waals surface area contributed by atoms with Crippen LogP contribution in [0.25, 0.3) is 5.65 Å². The number of anilines is 1. The van der Waals surface area contributed by atoms with Crippen LogP contribution in [0, 0.1) is 0 Å². The third kappa shape index (κ3) is 1.74. The molecule has 0 radical (unpaired) electrons. The Morgan fingerprint density at radius 1 is 1.53 bits per heavy atom. The van der Waals surface area contributed by atoms with Gasteiger partial charge < -0.3 is 5.32 Å². The summed E-state index contributed by atoms with van der Waals surface area (Å²) in [5.74, 6) is 0. The molecule has 0 fully saturated rings. The summed E-state index contributed by atoms with van der Waals surface area (Å²) in [5, 5.41) is 2.94. The van der Waals surface area contributed by atoms with E-state index < -0.39 is 0 Å². The van der Waals surface area contributed by atoms with Crippen LogP contribution in [0.15, 0.2) is 48.0 Å². The lowest BCUT2D eigenvalue weighted by Gasteiger charge is -2.04. The Labute approximate surface area is 86.9 Å². The minimum atomic E-state index is -0.0950. The van der Waals surface area contributed by atoms with Gasteiger partial charge in [-0.1, -0.05) is 12.1 Å². The van der Waals surface area contributed by atoms with Crippen LogP contribution in [-0.4, -0.2) is 15.9 Å². The fourth-order valence-electron chi connectivity index (χ4n) is 1.33. The molecule has 2 aromatic rings. The number of fused-ring (bicyclic) bond motifs is 1. The Kier molecular flexibility index (Phi) is 2.49. The van der Waals surface area contributed by atoms with Gasteiger partial charge in [0.25, 0.3) is 5.56 Å². The maximum absolute atomic E-state index is 11.9. The van der Waals surface area contributed by atoms with Gasteiger partial charge in [0, 0.05) is 12.7 Å². The molecule has 0 unspecified atom stereocenters. The van der Waals surface area contributed by atoms with Crippen LogP contribution in [0.4, 0.5) is 5.69 Å². The van der Waals surface area contributed by atoms with Gasteiger partial charge in [-0.15, -0.1) is 6.58 Å². The molecule has 2 aromatic heterocycles. The molecule has 2 heterocycles. The van der Waals surface area contributed by atoms with Crippen molar-refractivity contribution in [3.05, 3.63) is 53.6 Å². The second-order valence-corrected chi connectivity index (χ2v) is 3.08. The van der Waals surface area contributed by atoms with Crippen molar-refractivity contribution in [2.75, 3.05) is 11.9 Å². The van der Waals surface area contributed by atoms with E-state index in [1.807, 2.05) is 6.07 Å². The molecule has 1 N–H and O–H groups in total. The molecular formula is C11H11N3O. The summed E-state index contributed by atoms with van der Waals surface area (Å²) in [6, 6.07) is 5.44. The molecule has 0 aliphatic heterocycles. The van der Waals surface area contributed by atoms with Crippen LogP contribution in [0.1, 0.15) is 0 Å². The number of nitrogens with zero attached hydrogens (tertiary/aromatic N) is 2. The normalized spacial score (nSPS) is 10.1. The van der Waals surface area contributed by atoms with E-state index in [1.54, 1.807) is 30.6 Å². The van der Waals surface area contributed by atoms with E-state index in [4.69, 9.17) is 0 Å². The van der Waals surface area contributed by atoms with Crippen LogP contribution < -0.4 is 10.9 Å². The van der Waals surface area contributed by atoms with Gasteiger partial charge in [0.05, 0.1) is 6.20 Å². The zero-order chi connectivity index (χ0) is 10.7. The zero-order valence-electron chi connectivity index (χ0n) is 8.18. The third-order valence-corrected chi connectivity index (χ3v) is 2.05. The van der Waals surface area contributed by atoms with Gasteiger partial charge in [0.15, 0.2) is 0 Å². The minimum Gasteiger partial charge on any atom is -0.376 e. The quantitative estimate of drug-likeness (QED) is 0.761. The Morgan fingerprint density at radius 3 is 3.20 bits per heavy atom.